The molecule has 8 heteroatoms. The van der Waals surface area contributed by atoms with Crippen molar-refractivity contribution >= 4 is 11.7 Å². The van der Waals surface area contributed by atoms with E-state index in [9.17, 15) is 9.90 Å². The van der Waals surface area contributed by atoms with Gasteiger partial charge in [0.05, 0.1) is 39.0 Å². The van der Waals surface area contributed by atoms with Gasteiger partial charge < -0.3 is 29.0 Å². The maximum Gasteiger partial charge on any atom is 0.339 e. The summed E-state index contributed by atoms with van der Waals surface area (Å²) in [4.78, 5) is 18.5. The molecule has 1 aliphatic carbocycles. The van der Waals surface area contributed by atoms with Gasteiger partial charge in [0.2, 0.25) is 5.75 Å². The van der Waals surface area contributed by atoms with Crippen molar-refractivity contribution < 1.29 is 28.8 Å². The minimum atomic E-state index is -0.399. The van der Waals surface area contributed by atoms with Gasteiger partial charge in [0, 0.05) is 42.1 Å². The van der Waals surface area contributed by atoms with Gasteiger partial charge in [-0.3, -0.25) is 4.90 Å². The van der Waals surface area contributed by atoms with Crippen molar-refractivity contribution in [2.75, 3.05) is 33.3 Å². The topological polar surface area (TPSA) is 80.7 Å². The summed E-state index contributed by atoms with van der Waals surface area (Å²) in [5, 5.41) is 12.1. The van der Waals surface area contributed by atoms with Gasteiger partial charge in [0.1, 0.15) is 0 Å². The summed E-state index contributed by atoms with van der Waals surface area (Å²) in [5.41, 5.74) is 2.62. The molecule has 0 aromatic heterocycles. The maximum atomic E-state index is 13.7. The Kier molecular flexibility index (Phi) is 5.24. The van der Waals surface area contributed by atoms with Crippen molar-refractivity contribution in [3.05, 3.63) is 47.5 Å². The van der Waals surface area contributed by atoms with Gasteiger partial charge in [0.25, 0.3) is 0 Å². The first-order valence-electron chi connectivity index (χ1n) is 13.7. The molecule has 2 aromatic rings. The van der Waals surface area contributed by atoms with Crippen LogP contribution in [0.5, 0.6) is 17.2 Å². The van der Waals surface area contributed by atoms with Crippen molar-refractivity contribution in [3.63, 3.8) is 0 Å². The Balaban J connectivity index is 1.27. The summed E-state index contributed by atoms with van der Waals surface area (Å²) in [6.45, 7) is 2.17. The van der Waals surface area contributed by atoms with Crippen molar-refractivity contribution in [2.24, 2.45) is 17.8 Å². The number of ether oxygens (including phenoxy) is 4. The van der Waals surface area contributed by atoms with Crippen LogP contribution in [0.3, 0.4) is 0 Å². The summed E-state index contributed by atoms with van der Waals surface area (Å²) >= 11 is 0. The lowest BCUT2D eigenvalue weighted by atomic mass is 9.62. The van der Waals surface area contributed by atoms with E-state index in [4.69, 9.17) is 18.9 Å². The second kappa shape index (κ2) is 8.26. The quantitative estimate of drug-likeness (QED) is 0.581. The second-order valence-corrected chi connectivity index (χ2v) is 11.6. The summed E-state index contributed by atoms with van der Waals surface area (Å²) in [5.74, 6) is 1.56. The third kappa shape index (κ3) is 2.75. The molecule has 202 valence electrons. The van der Waals surface area contributed by atoms with Crippen LogP contribution < -0.4 is 19.1 Å². The Morgan fingerprint density at radius 2 is 1.79 bits per heavy atom. The zero-order valence-electron chi connectivity index (χ0n) is 22.6. The summed E-state index contributed by atoms with van der Waals surface area (Å²) in [6.07, 6.45) is 2.08. The Hall–Kier alpha value is -2.97. The average molecular weight is 521 g/mol. The van der Waals surface area contributed by atoms with Crippen molar-refractivity contribution in [3.8, 4) is 17.2 Å². The molecule has 5 aliphatic heterocycles. The molecule has 1 spiro atoms. The molecule has 5 fully saturated rings. The molecular formula is C30H36N2O6. The highest BCUT2D eigenvalue weighted by Crippen LogP contribution is 2.69. The van der Waals surface area contributed by atoms with E-state index in [2.05, 4.69) is 48.0 Å². The Bertz CT molecular complexity index is 1270. The normalized spacial score (nSPS) is 39.1. The molecule has 8 nitrogen and oxygen atoms in total. The highest BCUT2D eigenvalue weighted by Gasteiger charge is 2.76. The number of aliphatic hydroxyl groups excluding tert-OH is 1. The van der Waals surface area contributed by atoms with Crippen LogP contribution in [0, 0.1) is 17.8 Å². The fourth-order valence-electron chi connectivity index (χ4n) is 9.37. The zero-order valence-corrected chi connectivity index (χ0v) is 22.6. The molecule has 10 atom stereocenters. The van der Waals surface area contributed by atoms with Crippen LogP contribution in [-0.4, -0.2) is 74.8 Å². The molecule has 5 bridgehead atoms. The first kappa shape index (κ1) is 24.1. The van der Waals surface area contributed by atoms with Crippen molar-refractivity contribution in [1.29, 1.82) is 0 Å². The number of nitrogens with zero attached hydrogens (tertiary/aromatic N) is 2. The van der Waals surface area contributed by atoms with E-state index in [0.29, 0.717) is 28.7 Å². The molecular weight excluding hydrogens is 484 g/mol. The van der Waals surface area contributed by atoms with Gasteiger partial charge >= 0.3 is 5.97 Å². The molecule has 1 unspecified atom stereocenters. The van der Waals surface area contributed by atoms with Gasteiger partial charge in [-0.25, -0.2) is 4.79 Å². The highest BCUT2D eigenvalue weighted by atomic mass is 16.6. The standard InChI is InChI=1S/C30H36N2O6/c1-6-16-17-13-20-26-30(18-9-7-8-10-19(18)31(26)2)14-21(24(17)27(30)33)32(20)28(16)38-29(34)15-11-22(35-3)25(37-5)23(12-15)36-4/h7-12,16-17,20-21,24,26-28,33H,6,13-14H2,1-5H3/t16-,17-,20-,21-,24-,26-,27+,28+,30-/m0/s1. The van der Waals surface area contributed by atoms with E-state index in [0.717, 1.165) is 19.3 Å². The van der Waals surface area contributed by atoms with Crippen LogP contribution >= 0.6 is 0 Å². The van der Waals surface area contributed by atoms with Gasteiger partial charge in [-0.15, -0.1) is 0 Å². The summed E-state index contributed by atoms with van der Waals surface area (Å²) in [7, 11) is 6.78. The van der Waals surface area contributed by atoms with Crippen molar-refractivity contribution in [2.45, 2.75) is 62.1 Å². The van der Waals surface area contributed by atoms with Gasteiger partial charge in [0.15, 0.2) is 17.7 Å². The number of methoxy groups -OCH3 is 3. The zero-order chi connectivity index (χ0) is 26.5. The smallest absolute Gasteiger partial charge is 0.339 e. The van der Waals surface area contributed by atoms with E-state index >= 15 is 0 Å². The van der Waals surface area contributed by atoms with E-state index in [1.54, 1.807) is 19.2 Å². The predicted octanol–water partition coefficient (Wildman–Crippen LogP) is 3.45. The summed E-state index contributed by atoms with van der Waals surface area (Å²) < 4.78 is 22.8. The third-order valence-electron chi connectivity index (χ3n) is 10.6. The SMILES string of the molecule is CC[C@H]1[C@@H]2C[C@H]3[C@@H]4N(C)c5ccccc5[C@@]45C[C@@H]([C@H]2[C@H]5O)N3[C@@H]1OC(=O)c1cc(OC)c(OC)c(OC)c1. The average Bonchev–Trinajstić information content (AvgIpc) is 3.33. The molecule has 0 amide bonds. The lowest BCUT2D eigenvalue weighted by molar-refractivity contribution is -0.211. The largest absolute Gasteiger partial charge is 0.493 e. The molecule has 5 heterocycles. The van der Waals surface area contributed by atoms with Gasteiger partial charge in [-0.05, 0) is 48.9 Å². The maximum absolute atomic E-state index is 13.7. The number of hydrogen-bond donors (Lipinski definition) is 1. The van der Waals surface area contributed by atoms with E-state index < -0.39 is 12.1 Å². The Morgan fingerprint density at radius 1 is 1.08 bits per heavy atom. The number of benzene rings is 2. The fraction of sp³-hybridized carbons (Fsp3) is 0.567. The molecule has 38 heavy (non-hydrogen) atoms. The van der Waals surface area contributed by atoms with Gasteiger partial charge in [-0.2, -0.15) is 0 Å². The number of piperidine rings is 4. The number of anilines is 1. The Labute approximate surface area is 223 Å². The minimum Gasteiger partial charge on any atom is -0.493 e. The fourth-order valence-corrected chi connectivity index (χ4v) is 9.37. The van der Waals surface area contributed by atoms with E-state index in [1.807, 2.05) is 0 Å². The lowest BCUT2D eigenvalue weighted by Gasteiger charge is -2.63. The predicted molar refractivity (Wildman–Crippen MR) is 141 cm³/mol. The number of para-hydroxylation sites is 1. The minimum absolute atomic E-state index is 0.154. The van der Waals surface area contributed by atoms with Crippen molar-refractivity contribution in [1.82, 2.24) is 4.90 Å². The number of fused-ring (bicyclic) bond motifs is 2. The third-order valence-corrected chi connectivity index (χ3v) is 10.6. The number of rotatable bonds is 6. The number of carbonyl (C=O) groups excluding carboxylic acids is 1. The van der Waals surface area contributed by atoms with Crippen LogP contribution in [-0.2, 0) is 10.2 Å². The van der Waals surface area contributed by atoms with Crippen LogP contribution in [0.15, 0.2) is 36.4 Å². The van der Waals surface area contributed by atoms with Crippen LogP contribution in [0.1, 0.15) is 42.1 Å². The summed E-state index contributed by atoms with van der Waals surface area (Å²) in [6, 6.07) is 12.5. The number of hydrogen-bond acceptors (Lipinski definition) is 8. The molecule has 2 aromatic carbocycles. The lowest BCUT2D eigenvalue weighted by Crippen LogP contribution is -2.73. The van der Waals surface area contributed by atoms with Gasteiger partial charge in [-0.1, -0.05) is 25.1 Å². The number of aliphatic hydroxyl groups is 1. The van der Waals surface area contributed by atoms with E-state index in [1.165, 1.54) is 25.5 Å². The molecule has 1 saturated carbocycles. The number of likely N-dealkylation sites (N-methyl/N-ethyl adjacent to an activating group) is 1. The van der Waals surface area contributed by atoms with Crippen LogP contribution in [0.25, 0.3) is 0 Å². The Morgan fingerprint density at radius 3 is 2.45 bits per heavy atom. The monoisotopic (exact) mass is 520 g/mol. The van der Waals surface area contributed by atoms with Crippen LogP contribution in [0.2, 0.25) is 0 Å². The number of esters is 1. The first-order chi connectivity index (χ1) is 18.4. The molecule has 6 aliphatic rings. The first-order valence-corrected chi connectivity index (χ1v) is 13.7. The molecule has 4 saturated heterocycles. The van der Waals surface area contributed by atoms with E-state index in [-0.39, 0.29) is 41.6 Å². The second-order valence-electron chi connectivity index (χ2n) is 11.6. The number of carbonyl (C=O) groups is 1. The molecule has 1 N–H and O–H groups in total. The van der Waals surface area contributed by atoms with Crippen LogP contribution in [0.4, 0.5) is 5.69 Å². The highest BCUT2D eigenvalue weighted by molar-refractivity contribution is 5.91. The molecule has 0 radical (unpaired) electrons. The molecule has 8 rings (SSSR count).